The third-order valence-electron chi connectivity index (χ3n) is 2.84. The lowest BCUT2D eigenvalue weighted by atomic mass is 10.1. The van der Waals surface area contributed by atoms with Gasteiger partial charge in [0.15, 0.2) is 0 Å². The standard InChI is InChI=1S/C16H18BrNO2/c1-12(18)13-2-6-15(7-3-13)19-10-11-20-16-8-4-14(17)5-9-16/h2-9,12H,10-11,18H2,1H3/t12-/m1/s1. The van der Waals surface area contributed by atoms with Crippen LogP contribution in [-0.4, -0.2) is 13.2 Å². The highest BCUT2D eigenvalue weighted by Gasteiger charge is 2.00. The second-order valence-electron chi connectivity index (χ2n) is 4.51. The van der Waals surface area contributed by atoms with E-state index in [-0.39, 0.29) is 6.04 Å². The number of nitrogens with two attached hydrogens (primary N) is 1. The highest BCUT2D eigenvalue weighted by atomic mass is 79.9. The molecule has 0 saturated heterocycles. The first-order valence-corrected chi connectivity index (χ1v) is 7.31. The summed E-state index contributed by atoms with van der Waals surface area (Å²) in [6.07, 6.45) is 0. The molecule has 0 radical (unpaired) electrons. The van der Waals surface area contributed by atoms with Crippen molar-refractivity contribution < 1.29 is 9.47 Å². The van der Waals surface area contributed by atoms with Crippen molar-refractivity contribution >= 4 is 15.9 Å². The minimum absolute atomic E-state index is 0.0461. The maximum Gasteiger partial charge on any atom is 0.122 e. The zero-order valence-electron chi connectivity index (χ0n) is 11.4. The molecule has 106 valence electrons. The highest BCUT2D eigenvalue weighted by molar-refractivity contribution is 9.10. The topological polar surface area (TPSA) is 44.5 Å². The fraction of sp³-hybridized carbons (Fsp3) is 0.250. The van der Waals surface area contributed by atoms with Crippen molar-refractivity contribution in [1.82, 2.24) is 0 Å². The minimum Gasteiger partial charge on any atom is -0.490 e. The van der Waals surface area contributed by atoms with E-state index in [9.17, 15) is 0 Å². The molecule has 2 aromatic carbocycles. The van der Waals surface area contributed by atoms with E-state index in [2.05, 4.69) is 15.9 Å². The Hall–Kier alpha value is -1.52. The summed E-state index contributed by atoms with van der Waals surface area (Å²) >= 11 is 3.38. The molecular formula is C16H18BrNO2. The predicted octanol–water partition coefficient (Wildman–Crippen LogP) is 3.93. The quantitative estimate of drug-likeness (QED) is 0.813. The lowest BCUT2D eigenvalue weighted by Gasteiger charge is -2.10. The number of benzene rings is 2. The zero-order valence-corrected chi connectivity index (χ0v) is 13.0. The molecule has 0 unspecified atom stereocenters. The monoisotopic (exact) mass is 335 g/mol. The molecule has 2 rings (SSSR count). The van der Waals surface area contributed by atoms with Crippen LogP contribution in [-0.2, 0) is 0 Å². The Morgan fingerprint density at radius 3 is 1.80 bits per heavy atom. The summed E-state index contributed by atoms with van der Waals surface area (Å²) in [6.45, 7) is 2.98. The van der Waals surface area contributed by atoms with Crippen LogP contribution >= 0.6 is 15.9 Å². The summed E-state index contributed by atoms with van der Waals surface area (Å²) in [7, 11) is 0. The second-order valence-corrected chi connectivity index (χ2v) is 5.42. The summed E-state index contributed by atoms with van der Waals surface area (Å²) in [5.74, 6) is 1.66. The second kappa shape index (κ2) is 7.31. The van der Waals surface area contributed by atoms with Crippen LogP contribution in [0.25, 0.3) is 0 Å². The van der Waals surface area contributed by atoms with Crippen LogP contribution in [0, 0.1) is 0 Å². The molecular weight excluding hydrogens is 318 g/mol. The Morgan fingerprint density at radius 1 is 0.900 bits per heavy atom. The van der Waals surface area contributed by atoms with Crippen molar-refractivity contribution in [2.24, 2.45) is 5.73 Å². The van der Waals surface area contributed by atoms with Gasteiger partial charge in [-0.3, -0.25) is 0 Å². The molecule has 0 fully saturated rings. The van der Waals surface area contributed by atoms with E-state index < -0.39 is 0 Å². The summed E-state index contributed by atoms with van der Waals surface area (Å²) in [6, 6.07) is 15.6. The molecule has 0 bridgehead atoms. The first kappa shape index (κ1) is 14.9. The lowest BCUT2D eigenvalue weighted by Crippen LogP contribution is -2.09. The number of halogens is 1. The number of hydrogen-bond acceptors (Lipinski definition) is 3. The van der Waals surface area contributed by atoms with Crippen LogP contribution in [0.4, 0.5) is 0 Å². The number of ether oxygens (including phenoxy) is 2. The van der Waals surface area contributed by atoms with Crippen molar-refractivity contribution in [3.63, 3.8) is 0 Å². The Bertz CT molecular complexity index is 523. The van der Waals surface area contributed by atoms with Gasteiger partial charge in [0.25, 0.3) is 0 Å². The van der Waals surface area contributed by atoms with Crippen molar-refractivity contribution in [3.05, 3.63) is 58.6 Å². The van der Waals surface area contributed by atoms with E-state index in [1.807, 2.05) is 55.5 Å². The molecule has 0 spiro atoms. The zero-order chi connectivity index (χ0) is 14.4. The van der Waals surface area contributed by atoms with Gasteiger partial charge in [-0.25, -0.2) is 0 Å². The van der Waals surface area contributed by atoms with Gasteiger partial charge in [0.1, 0.15) is 24.7 Å². The number of rotatable bonds is 6. The van der Waals surface area contributed by atoms with Gasteiger partial charge in [-0.15, -0.1) is 0 Å². The van der Waals surface area contributed by atoms with E-state index >= 15 is 0 Å². The smallest absolute Gasteiger partial charge is 0.122 e. The van der Waals surface area contributed by atoms with Gasteiger partial charge in [-0.05, 0) is 48.9 Å². The van der Waals surface area contributed by atoms with Crippen molar-refractivity contribution in [2.45, 2.75) is 13.0 Å². The molecule has 2 N–H and O–H groups in total. The average Bonchev–Trinajstić information content (AvgIpc) is 2.46. The fourth-order valence-electron chi connectivity index (χ4n) is 1.72. The van der Waals surface area contributed by atoms with Gasteiger partial charge in [0.05, 0.1) is 0 Å². The van der Waals surface area contributed by atoms with Gasteiger partial charge < -0.3 is 15.2 Å². The Kier molecular flexibility index (Phi) is 5.44. The lowest BCUT2D eigenvalue weighted by molar-refractivity contribution is 0.217. The van der Waals surface area contributed by atoms with Crippen molar-refractivity contribution in [1.29, 1.82) is 0 Å². The van der Waals surface area contributed by atoms with E-state index in [0.717, 1.165) is 21.5 Å². The molecule has 20 heavy (non-hydrogen) atoms. The SMILES string of the molecule is C[C@@H](N)c1ccc(OCCOc2ccc(Br)cc2)cc1. The Labute approximate surface area is 127 Å². The van der Waals surface area contributed by atoms with Gasteiger partial charge >= 0.3 is 0 Å². The maximum atomic E-state index is 5.80. The van der Waals surface area contributed by atoms with E-state index in [1.54, 1.807) is 0 Å². The van der Waals surface area contributed by atoms with Crippen molar-refractivity contribution in [3.8, 4) is 11.5 Å². The summed E-state index contributed by atoms with van der Waals surface area (Å²) in [4.78, 5) is 0. The van der Waals surface area contributed by atoms with E-state index in [1.165, 1.54) is 0 Å². The third-order valence-corrected chi connectivity index (χ3v) is 3.37. The molecule has 0 amide bonds. The fourth-order valence-corrected chi connectivity index (χ4v) is 1.98. The summed E-state index contributed by atoms with van der Waals surface area (Å²) in [5.41, 5.74) is 6.90. The number of hydrogen-bond donors (Lipinski definition) is 1. The highest BCUT2D eigenvalue weighted by Crippen LogP contribution is 2.17. The first-order chi connectivity index (χ1) is 9.65. The largest absolute Gasteiger partial charge is 0.490 e. The van der Waals surface area contributed by atoms with Gasteiger partial charge in [-0.1, -0.05) is 28.1 Å². The molecule has 0 aliphatic heterocycles. The Morgan fingerprint density at radius 2 is 1.35 bits per heavy atom. The maximum absolute atomic E-state index is 5.80. The predicted molar refractivity (Wildman–Crippen MR) is 84.2 cm³/mol. The summed E-state index contributed by atoms with van der Waals surface area (Å²) < 4.78 is 12.2. The van der Waals surface area contributed by atoms with Gasteiger partial charge in [0, 0.05) is 10.5 Å². The Balaban J connectivity index is 1.74. The molecule has 4 heteroatoms. The molecule has 0 aliphatic carbocycles. The van der Waals surface area contributed by atoms with Crippen LogP contribution in [0.5, 0.6) is 11.5 Å². The molecule has 0 aromatic heterocycles. The third kappa shape index (κ3) is 4.54. The molecule has 0 aliphatic rings. The average molecular weight is 336 g/mol. The summed E-state index contributed by atoms with van der Waals surface area (Å²) in [5, 5.41) is 0. The normalized spacial score (nSPS) is 11.9. The van der Waals surface area contributed by atoms with Crippen LogP contribution in [0.2, 0.25) is 0 Å². The molecule has 3 nitrogen and oxygen atoms in total. The van der Waals surface area contributed by atoms with E-state index in [0.29, 0.717) is 13.2 Å². The minimum atomic E-state index is 0.0461. The molecule has 0 saturated carbocycles. The molecule has 0 heterocycles. The molecule has 2 aromatic rings. The van der Waals surface area contributed by atoms with Crippen molar-refractivity contribution in [2.75, 3.05) is 13.2 Å². The van der Waals surface area contributed by atoms with Gasteiger partial charge in [0.2, 0.25) is 0 Å². The van der Waals surface area contributed by atoms with Gasteiger partial charge in [-0.2, -0.15) is 0 Å². The molecule has 1 atom stereocenters. The van der Waals surface area contributed by atoms with Crippen LogP contribution in [0.1, 0.15) is 18.5 Å². The van der Waals surface area contributed by atoms with Crippen LogP contribution < -0.4 is 15.2 Å². The first-order valence-electron chi connectivity index (χ1n) is 6.52. The van der Waals surface area contributed by atoms with E-state index in [4.69, 9.17) is 15.2 Å². The van der Waals surface area contributed by atoms with Crippen LogP contribution in [0.3, 0.4) is 0 Å². The van der Waals surface area contributed by atoms with Crippen LogP contribution in [0.15, 0.2) is 53.0 Å².